The van der Waals surface area contributed by atoms with Crippen LogP contribution >= 0.6 is 12.6 Å². The zero-order valence-corrected chi connectivity index (χ0v) is 8.77. The molecule has 1 atom stereocenters. The highest BCUT2D eigenvalue weighted by molar-refractivity contribution is 7.80. The van der Waals surface area contributed by atoms with Crippen LogP contribution in [0.5, 0.6) is 0 Å². The molecule has 5 heteroatoms. The molecule has 1 N–H and O–H groups in total. The van der Waals surface area contributed by atoms with Gasteiger partial charge in [-0.05, 0) is 6.42 Å². The van der Waals surface area contributed by atoms with Crippen molar-refractivity contribution in [3.8, 4) is 0 Å². The summed E-state index contributed by atoms with van der Waals surface area (Å²) in [5, 5.41) is 2.45. The molecule has 0 aromatic heterocycles. The van der Waals surface area contributed by atoms with Crippen LogP contribution < -0.4 is 5.32 Å². The van der Waals surface area contributed by atoms with Gasteiger partial charge in [0.2, 0.25) is 5.91 Å². The second-order valence-electron chi connectivity index (χ2n) is 2.60. The van der Waals surface area contributed by atoms with E-state index in [0.717, 1.165) is 6.42 Å². The SMILES string of the molecule is CCCOC(=O)[C@H](CS)NC(C)=O. The normalized spacial score (nSPS) is 11.9. The molecule has 0 fully saturated rings. The number of hydrogen-bond donors (Lipinski definition) is 2. The Labute approximate surface area is 83.4 Å². The van der Waals surface area contributed by atoms with Crippen LogP contribution in [0, 0.1) is 0 Å². The Morgan fingerprint density at radius 1 is 1.54 bits per heavy atom. The molecule has 0 aromatic carbocycles. The molecule has 0 saturated heterocycles. The fraction of sp³-hybridized carbons (Fsp3) is 0.750. The molecule has 0 aliphatic carbocycles. The zero-order valence-electron chi connectivity index (χ0n) is 7.87. The maximum atomic E-state index is 11.2. The van der Waals surface area contributed by atoms with Gasteiger partial charge in [-0.3, -0.25) is 4.79 Å². The molecule has 0 bridgehead atoms. The summed E-state index contributed by atoms with van der Waals surface area (Å²) >= 11 is 3.94. The minimum atomic E-state index is -0.632. The number of hydrogen-bond acceptors (Lipinski definition) is 4. The van der Waals surface area contributed by atoms with Crippen molar-refractivity contribution in [3.05, 3.63) is 0 Å². The summed E-state index contributed by atoms with van der Waals surface area (Å²) in [6, 6.07) is -0.632. The maximum Gasteiger partial charge on any atom is 0.329 e. The molecule has 0 radical (unpaired) electrons. The number of thiol groups is 1. The summed E-state index contributed by atoms with van der Waals surface area (Å²) in [6.07, 6.45) is 0.769. The smallest absolute Gasteiger partial charge is 0.329 e. The Morgan fingerprint density at radius 2 is 2.15 bits per heavy atom. The Morgan fingerprint density at radius 3 is 2.54 bits per heavy atom. The van der Waals surface area contributed by atoms with Crippen LogP contribution in [0.1, 0.15) is 20.3 Å². The fourth-order valence-corrected chi connectivity index (χ4v) is 0.968. The molecule has 13 heavy (non-hydrogen) atoms. The van der Waals surface area contributed by atoms with Crippen LogP contribution in [0.4, 0.5) is 0 Å². The van der Waals surface area contributed by atoms with Gasteiger partial charge in [-0.15, -0.1) is 0 Å². The third kappa shape index (κ3) is 5.52. The third-order valence-corrected chi connectivity index (χ3v) is 1.66. The van der Waals surface area contributed by atoms with Crippen molar-refractivity contribution in [3.63, 3.8) is 0 Å². The molecule has 0 heterocycles. The summed E-state index contributed by atoms with van der Waals surface area (Å²) < 4.78 is 4.84. The summed E-state index contributed by atoms with van der Waals surface area (Å²) in [7, 11) is 0. The Kier molecular flexibility index (Phi) is 6.40. The van der Waals surface area contributed by atoms with Crippen molar-refractivity contribution in [1.82, 2.24) is 5.32 Å². The predicted octanol–water partition coefficient (Wildman–Crippen LogP) is 0.374. The van der Waals surface area contributed by atoms with Crippen molar-refractivity contribution >= 4 is 24.5 Å². The summed E-state index contributed by atoms with van der Waals surface area (Å²) in [4.78, 5) is 21.8. The van der Waals surface area contributed by atoms with Crippen molar-refractivity contribution in [2.75, 3.05) is 12.4 Å². The van der Waals surface area contributed by atoms with E-state index in [2.05, 4.69) is 17.9 Å². The zero-order chi connectivity index (χ0) is 10.3. The lowest BCUT2D eigenvalue weighted by atomic mass is 10.3. The van der Waals surface area contributed by atoms with E-state index in [1.165, 1.54) is 6.92 Å². The highest BCUT2D eigenvalue weighted by Gasteiger charge is 2.18. The van der Waals surface area contributed by atoms with Crippen molar-refractivity contribution < 1.29 is 14.3 Å². The van der Waals surface area contributed by atoms with Crippen LogP contribution in [0.25, 0.3) is 0 Å². The van der Waals surface area contributed by atoms with Gasteiger partial charge in [-0.25, -0.2) is 4.79 Å². The van der Waals surface area contributed by atoms with E-state index in [-0.39, 0.29) is 11.7 Å². The van der Waals surface area contributed by atoms with Crippen LogP contribution in [0.2, 0.25) is 0 Å². The largest absolute Gasteiger partial charge is 0.464 e. The molecule has 0 rings (SSSR count). The van der Waals surface area contributed by atoms with Crippen molar-refractivity contribution in [1.29, 1.82) is 0 Å². The van der Waals surface area contributed by atoms with Gasteiger partial charge in [0.25, 0.3) is 0 Å². The van der Waals surface area contributed by atoms with Gasteiger partial charge in [-0.1, -0.05) is 6.92 Å². The monoisotopic (exact) mass is 205 g/mol. The number of carbonyl (C=O) groups excluding carboxylic acids is 2. The van der Waals surface area contributed by atoms with Crippen LogP contribution in [0.15, 0.2) is 0 Å². The van der Waals surface area contributed by atoms with E-state index in [1.54, 1.807) is 0 Å². The first kappa shape index (κ1) is 12.3. The molecule has 76 valence electrons. The minimum absolute atomic E-state index is 0.252. The molecular formula is C8H15NO3S. The average molecular weight is 205 g/mol. The quantitative estimate of drug-likeness (QED) is 0.504. The third-order valence-electron chi connectivity index (χ3n) is 1.29. The van der Waals surface area contributed by atoms with Gasteiger partial charge in [0.05, 0.1) is 6.61 Å². The van der Waals surface area contributed by atoms with Gasteiger partial charge in [0.15, 0.2) is 0 Å². The fourth-order valence-electron chi connectivity index (χ4n) is 0.728. The maximum absolute atomic E-state index is 11.2. The lowest BCUT2D eigenvalue weighted by molar-refractivity contribution is -0.147. The highest BCUT2D eigenvalue weighted by Crippen LogP contribution is 1.93. The van der Waals surface area contributed by atoms with E-state index in [0.29, 0.717) is 6.61 Å². The molecule has 0 aromatic rings. The van der Waals surface area contributed by atoms with Gasteiger partial charge >= 0.3 is 5.97 Å². The van der Waals surface area contributed by atoms with Gasteiger partial charge in [-0.2, -0.15) is 12.6 Å². The van der Waals surface area contributed by atoms with E-state index >= 15 is 0 Å². The number of carbonyl (C=O) groups is 2. The van der Waals surface area contributed by atoms with Gasteiger partial charge in [0.1, 0.15) is 6.04 Å². The summed E-state index contributed by atoms with van der Waals surface area (Å²) in [6.45, 7) is 3.63. The first-order valence-corrected chi connectivity index (χ1v) is 4.79. The summed E-state index contributed by atoms with van der Waals surface area (Å²) in [5.41, 5.74) is 0. The second-order valence-corrected chi connectivity index (χ2v) is 2.97. The predicted molar refractivity (Wildman–Crippen MR) is 52.7 cm³/mol. The first-order chi connectivity index (χ1) is 6.11. The number of ether oxygens (including phenoxy) is 1. The molecule has 4 nitrogen and oxygen atoms in total. The van der Waals surface area contributed by atoms with E-state index in [9.17, 15) is 9.59 Å². The standard InChI is InChI=1S/C8H15NO3S/c1-3-4-12-8(11)7(5-13)9-6(2)10/h7,13H,3-5H2,1-2H3,(H,9,10)/t7-/m0/s1. The molecule has 1 amide bonds. The Balaban J connectivity index is 3.92. The second kappa shape index (κ2) is 6.77. The Hall–Kier alpha value is -0.710. The molecule has 0 spiro atoms. The van der Waals surface area contributed by atoms with Crippen LogP contribution in [-0.2, 0) is 14.3 Å². The molecule has 0 aliphatic rings. The van der Waals surface area contributed by atoms with Crippen molar-refractivity contribution in [2.24, 2.45) is 0 Å². The minimum Gasteiger partial charge on any atom is -0.464 e. The van der Waals surface area contributed by atoms with E-state index < -0.39 is 12.0 Å². The molecule has 0 saturated carbocycles. The lowest BCUT2D eigenvalue weighted by Gasteiger charge is -2.13. The highest BCUT2D eigenvalue weighted by atomic mass is 32.1. The first-order valence-electron chi connectivity index (χ1n) is 4.16. The lowest BCUT2D eigenvalue weighted by Crippen LogP contribution is -2.42. The number of esters is 1. The number of rotatable bonds is 5. The Bertz CT molecular complexity index is 184. The summed E-state index contributed by atoms with van der Waals surface area (Å²) in [5.74, 6) is -0.429. The van der Waals surface area contributed by atoms with Crippen LogP contribution in [-0.4, -0.2) is 30.3 Å². The molecular weight excluding hydrogens is 190 g/mol. The average Bonchev–Trinajstić information content (AvgIpc) is 2.09. The molecule has 0 unspecified atom stereocenters. The number of nitrogens with one attached hydrogen (secondary N) is 1. The number of amides is 1. The molecule has 0 aliphatic heterocycles. The van der Waals surface area contributed by atoms with E-state index in [1.807, 2.05) is 6.92 Å². The van der Waals surface area contributed by atoms with Crippen molar-refractivity contribution in [2.45, 2.75) is 26.3 Å². The van der Waals surface area contributed by atoms with Gasteiger partial charge in [0, 0.05) is 12.7 Å². The van der Waals surface area contributed by atoms with E-state index in [4.69, 9.17) is 4.74 Å². The van der Waals surface area contributed by atoms with Crippen LogP contribution in [0.3, 0.4) is 0 Å². The van der Waals surface area contributed by atoms with Gasteiger partial charge < -0.3 is 10.1 Å². The topological polar surface area (TPSA) is 55.4 Å².